The Morgan fingerprint density at radius 1 is 0.696 bits per heavy atom. The Kier molecular flexibility index (Phi) is 3.35. The molecule has 0 saturated carbocycles. The van der Waals surface area contributed by atoms with E-state index in [-0.39, 0.29) is 5.82 Å². The minimum atomic E-state index is -0.250. The Bertz CT molecular complexity index is 963. The lowest BCUT2D eigenvalue weighted by molar-refractivity contribution is 0.628. The molecule has 1 nitrogen and oxygen atoms in total. The van der Waals surface area contributed by atoms with Gasteiger partial charge in [-0.25, -0.2) is 4.39 Å². The van der Waals surface area contributed by atoms with Crippen LogP contribution < -0.4 is 0 Å². The molecule has 0 N–H and O–H groups in total. The summed E-state index contributed by atoms with van der Waals surface area (Å²) < 4.78 is 13.0. The van der Waals surface area contributed by atoms with Crippen molar-refractivity contribution in [2.75, 3.05) is 0 Å². The van der Waals surface area contributed by atoms with Gasteiger partial charge < -0.3 is 0 Å². The molecule has 0 atom stereocenters. The van der Waals surface area contributed by atoms with Crippen LogP contribution in [0.25, 0.3) is 21.5 Å². The van der Waals surface area contributed by atoms with Crippen molar-refractivity contribution in [1.82, 2.24) is 0 Å². The molecule has 2 heteroatoms. The van der Waals surface area contributed by atoms with Crippen molar-refractivity contribution in [3.63, 3.8) is 0 Å². The van der Waals surface area contributed by atoms with Gasteiger partial charge in [0.1, 0.15) is 5.82 Å². The van der Waals surface area contributed by atoms with Gasteiger partial charge >= 0.3 is 0 Å². The monoisotopic (exact) mass is 299 g/mol. The SMILES string of the molecule is Fc1ccc(N=Cc2c3ccccc3cc3ccccc23)cc1. The molecule has 0 aliphatic carbocycles. The molecule has 4 aromatic carbocycles. The fraction of sp³-hybridized carbons (Fsp3) is 0. The Morgan fingerprint density at radius 2 is 1.26 bits per heavy atom. The van der Waals surface area contributed by atoms with Crippen LogP contribution in [0.3, 0.4) is 0 Å². The topological polar surface area (TPSA) is 12.4 Å². The van der Waals surface area contributed by atoms with E-state index in [0.717, 1.165) is 22.0 Å². The maximum absolute atomic E-state index is 13.0. The van der Waals surface area contributed by atoms with Gasteiger partial charge in [-0.05, 0) is 51.9 Å². The summed E-state index contributed by atoms with van der Waals surface area (Å²) >= 11 is 0. The third kappa shape index (κ3) is 2.59. The summed E-state index contributed by atoms with van der Waals surface area (Å²) in [6.07, 6.45) is 1.87. The molecule has 0 heterocycles. The second-order valence-corrected chi connectivity index (χ2v) is 5.47. The number of fused-ring (bicyclic) bond motifs is 2. The van der Waals surface area contributed by atoms with E-state index in [4.69, 9.17) is 0 Å². The standard InChI is InChI=1S/C21H14FN/c22-17-9-11-18(12-10-17)23-14-21-19-7-3-1-5-15(19)13-16-6-2-4-8-20(16)21/h1-14H. The summed E-state index contributed by atoms with van der Waals surface area (Å²) in [6, 6.07) is 25.0. The highest BCUT2D eigenvalue weighted by molar-refractivity contribution is 6.13. The zero-order valence-corrected chi connectivity index (χ0v) is 12.4. The second kappa shape index (κ2) is 5.65. The largest absolute Gasteiger partial charge is 0.256 e. The summed E-state index contributed by atoms with van der Waals surface area (Å²) in [5, 5.41) is 4.70. The highest BCUT2D eigenvalue weighted by Gasteiger charge is 2.05. The van der Waals surface area contributed by atoms with Gasteiger partial charge in [-0.3, -0.25) is 4.99 Å². The van der Waals surface area contributed by atoms with E-state index >= 15 is 0 Å². The average molecular weight is 299 g/mol. The summed E-state index contributed by atoms with van der Waals surface area (Å²) in [5.74, 6) is -0.250. The summed E-state index contributed by atoms with van der Waals surface area (Å²) in [5.41, 5.74) is 1.83. The molecule has 0 bridgehead atoms. The third-order valence-corrected chi connectivity index (χ3v) is 3.98. The van der Waals surface area contributed by atoms with Crippen LogP contribution in [-0.4, -0.2) is 6.21 Å². The first-order valence-electron chi connectivity index (χ1n) is 7.51. The Labute approximate surface area is 133 Å². The van der Waals surface area contributed by atoms with E-state index < -0.39 is 0 Å². The number of hydrogen-bond donors (Lipinski definition) is 0. The van der Waals surface area contributed by atoms with E-state index in [0.29, 0.717) is 0 Å². The number of aliphatic imine (C=N–C) groups is 1. The van der Waals surface area contributed by atoms with Gasteiger partial charge in [0.05, 0.1) is 5.69 Å². The van der Waals surface area contributed by atoms with Crippen LogP contribution in [0.1, 0.15) is 5.56 Å². The van der Waals surface area contributed by atoms with Crippen LogP contribution in [0, 0.1) is 5.82 Å². The first kappa shape index (κ1) is 13.6. The lowest BCUT2D eigenvalue weighted by Crippen LogP contribution is -1.88. The van der Waals surface area contributed by atoms with Crippen molar-refractivity contribution in [2.45, 2.75) is 0 Å². The molecule has 0 saturated heterocycles. The van der Waals surface area contributed by atoms with Gasteiger partial charge in [0.25, 0.3) is 0 Å². The fourth-order valence-electron chi connectivity index (χ4n) is 2.85. The number of rotatable bonds is 2. The van der Waals surface area contributed by atoms with Crippen LogP contribution in [0.5, 0.6) is 0 Å². The van der Waals surface area contributed by atoms with Crippen LogP contribution in [0.2, 0.25) is 0 Å². The molecule has 110 valence electrons. The minimum Gasteiger partial charge on any atom is -0.256 e. The molecular formula is C21H14FN. The van der Waals surface area contributed by atoms with E-state index in [2.05, 4.69) is 35.3 Å². The lowest BCUT2D eigenvalue weighted by atomic mass is 9.97. The number of nitrogens with zero attached hydrogens (tertiary/aromatic N) is 1. The quantitative estimate of drug-likeness (QED) is 0.323. The van der Waals surface area contributed by atoms with E-state index in [9.17, 15) is 4.39 Å². The maximum atomic E-state index is 13.0. The number of hydrogen-bond acceptors (Lipinski definition) is 1. The van der Waals surface area contributed by atoms with Crippen molar-refractivity contribution in [3.8, 4) is 0 Å². The molecule has 4 rings (SSSR count). The van der Waals surface area contributed by atoms with E-state index in [1.165, 1.54) is 22.9 Å². The zero-order valence-electron chi connectivity index (χ0n) is 12.4. The summed E-state index contributed by atoms with van der Waals surface area (Å²) in [6.45, 7) is 0. The molecule has 0 fully saturated rings. The molecule has 0 aliphatic rings. The van der Waals surface area contributed by atoms with Crippen molar-refractivity contribution >= 4 is 33.4 Å². The van der Waals surface area contributed by atoms with Gasteiger partial charge in [0.15, 0.2) is 0 Å². The van der Waals surface area contributed by atoms with Crippen LogP contribution in [0.15, 0.2) is 83.9 Å². The Morgan fingerprint density at radius 3 is 1.87 bits per heavy atom. The van der Waals surface area contributed by atoms with Crippen LogP contribution in [0.4, 0.5) is 10.1 Å². The van der Waals surface area contributed by atoms with Crippen molar-refractivity contribution < 1.29 is 4.39 Å². The van der Waals surface area contributed by atoms with Crippen LogP contribution >= 0.6 is 0 Å². The molecule has 0 amide bonds. The molecule has 0 unspecified atom stereocenters. The molecule has 23 heavy (non-hydrogen) atoms. The van der Waals surface area contributed by atoms with E-state index in [1.807, 2.05) is 30.5 Å². The minimum absolute atomic E-state index is 0.250. The average Bonchev–Trinajstić information content (AvgIpc) is 2.60. The van der Waals surface area contributed by atoms with Crippen molar-refractivity contribution in [2.24, 2.45) is 4.99 Å². The summed E-state index contributed by atoms with van der Waals surface area (Å²) in [4.78, 5) is 4.53. The molecule has 4 aromatic rings. The van der Waals surface area contributed by atoms with E-state index in [1.54, 1.807) is 12.1 Å². The van der Waals surface area contributed by atoms with Gasteiger partial charge in [-0.1, -0.05) is 48.5 Å². The van der Waals surface area contributed by atoms with Crippen molar-refractivity contribution in [3.05, 3.63) is 90.2 Å². The zero-order chi connectivity index (χ0) is 15.6. The molecular weight excluding hydrogens is 285 g/mol. The smallest absolute Gasteiger partial charge is 0.123 e. The molecule has 0 aromatic heterocycles. The van der Waals surface area contributed by atoms with Gasteiger partial charge in [0, 0.05) is 11.8 Å². The van der Waals surface area contributed by atoms with Crippen LogP contribution in [-0.2, 0) is 0 Å². The predicted molar refractivity (Wildman–Crippen MR) is 95.1 cm³/mol. The Hall–Kier alpha value is -3.00. The lowest BCUT2D eigenvalue weighted by Gasteiger charge is -2.07. The number of halogens is 1. The maximum Gasteiger partial charge on any atom is 0.123 e. The van der Waals surface area contributed by atoms with Crippen molar-refractivity contribution in [1.29, 1.82) is 0 Å². The molecule has 0 radical (unpaired) electrons. The van der Waals surface area contributed by atoms with Gasteiger partial charge in [-0.2, -0.15) is 0 Å². The highest BCUT2D eigenvalue weighted by atomic mass is 19.1. The van der Waals surface area contributed by atoms with Gasteiger partial charge in [-0.15, -0.1) is 0 Å². The second-order valence-electron chi connectivity index (χ2n) is 5.47. The predicted octanol–water partition coefficient (Wildman–Crippen LogP) is 5.88. The Balaban J connectivity index is 1.93. The molecule has 0 aliphatic heterocycles. The fourth-order valence-corrected chi connectivity index (χ4v) is 2.85. The highest BCUT2D eigenvalue weighted by Crippen LogP contribution is 2.27. The number of benzene rings is 4. The molecule has 0 spiro atoms. The first-order chi connectivity index (χ1) is 11.3. The normalized spacial score (nSPS) is 11.5. The summed E-state index contributed by atoms with van der Waals surface area (Å²) in [7, 11) is 0. The van der Waals surface area contributed by atoms with Gasteiger partial charge in [0.2, 0.25) is 0 Å². The third-order valence-electron chi connectivity index (χ3n) is 3.98. The first-order valence-corrected chi connectivity index (χ1v) is 7.51.